The maximum absolute atomic E-state index is 12.4. The van der Waals surface area contributed by atoms with Gasteiger partial charge >= 0.3 is 5.97 Å². The van der Waals surface area contributed by atoms with Crippen molar-refractivity contribution in [1.29, 1.82) is 0 Å². The molecule has 1 amide bonds. The molecule has 0 heterocycles. The zero-order valence-corrected chi connectivity index (χ0v) is 15.1. The molecule has 2 aromatic rings. The number of nitrogens with one attached hydrogen (secondary N) is 2. The van der Waals surface area contributed by atoms with E-state index in [2.05, 4.69) is 10.6 Å². The highest BCUT2D eigenvalue weighted by Gasteiger charge is 2.11. The fourth-order valence-electron chi connectivity index (χ4n) is 2.38. The van der Waals surface area contributed by atoms with Crippen molar-refractivity contribution in [2.75, 3.05) is 25.6 Å². The van der Waals surface area contributed by atoms with Gasteiger partial charge in [0.15, 0.2) is 0 Å². The number of anilines is 2. The minimum absolute atomic E-state index is 0.189. The molecule has 0 unspecified atom stereocenters. The largest absolute Gasteiger partial charge is 0.497 e. The fourth-order valence-corrected chi connectivity index (χ4v) is 2.38. The number of carbonyl (C=O) groups excluding carboxylic acids is 2. The van der Waals surface area contributed by atoms with Crippen molar-refractivity contribution >= 4 is 23.3 Å². The predicted molar refractivity (Wildman–Crippen MR) is 101 cm³/mol. The summed E-state index contributed by atoms with van der Waals surface area (Å²) >= 11 is 0. The number of amides is 1. The Kier molecular flexibility index (Phi) is 7.49. The Morgan fingerprint density at radius 1 is 1.04 bits per heavy atom. The first-order chi connectivity index (χ1) is 12.6. The van der Waals surface area contributed by atoms with E-state index < -0.39 is 0 Å². The first kappa shape index (κ1) is 19.3. The highest BCUT2D eigenvalue weighted by atomic mass is 16.5. The van der Waals surface area contributed by atoms with Crippen molar-refractivity contribution in [2.24, 2.45) is 0 Å². The Morgan fingerprint density at radius 3 is 2.46 bits per heavy atom. The van der Waals surface area contributed by atoms with E-state index in [0.29, 0.717) is 37.2 Å². The highest BCUT2D eigenvalue weighted by Crippen LogP contribution is 2.22. The van der Waals surface area contributed by atoms with Gasteiger partial charge in [0.25, 0.3) is 5.91 Å². The van der Waals surface area contributed by atoms with Crippen LogP contribution in [0.2, 0.25) is 0 Å². The molecule has 26 heavy (non-hydrogen) atoms. The van der Waals surface area contributed by atoms with Gasteiger partial charge in [0.1, 0.15) is 5.75 Å². The van der Waals surface area contributed by atoms with E-state index in [-0.39, 0.29) is 11.9 Å². The summed E-state index contributed by atoms with van der Waals surface area (Å²) in [4.78, 5) is 23.7. The van der Waals surface area contributed by atoms with Gasteiger partial charge in [-0.05, 0) is 49.7 Å². The van der Waals surface area contributed by atoms with Gasteiger partial charge in [-0.15, -0.1) is 0 Å². The summed E-state index contributed by atoms with van der Waals surface area (Å²) < 4.78 is 10.0. The molecule has 0 bridgehead atoms. The third-order valence-corrected chi connectivity index (χ3v) is 3.69. The van der Waals surface area contributed by atoms with Crippen molar-refractivity contribution in [3.63, 3.8) is 0 Å². The second kappa shape index (κ2) is 10.1. The van der Waals surface area contributed by atoms with Crippen molar-refractivity contribution in [3.8, 4) is 5.75 Å². The molecule has 6 nitrogen and oxygen atoms in total. The van der Waals surface area contributed by atoms with Crippen LogP contribution in [-0.4, -0.2) is 32.1 Å². The van der Waals surface area contributed by atoms with Crippen LogP contribution in [0, 0.1) is 0 Å². The Hall–Kier alpha value is -3.02. The number of ether oxygens (including phenoxy) is 2. The highest BCUT2D eigenvalue weighted by molar-refractivity contribution is 6.00. The maximum Gasteiger partial charge on any atom is 0.305 e. The smallest absolute Gasteiger partial charge is 0.305 e. The minimum atomic E-state index is -0.247. The van der Waals surface area contributed by atoms with Gasteiger partial charge in [-0.3, -0.25) is 9.59 Å². The van der Waals surface area contributed by atoms with Crippen molar-refractivity contribution in [1.82, 2.24) is 5.32 Å². The number of benzene rings is 2. The number of para-hydroxylation sites is 1. The first-order valence-corrected chi connectivity index (χ1v) is 8.58. The molecule has 0 spiro atoms. The molecule has 2 rings (SSSR count). The summed E-state index contributed by atoms with van der Waals surface area (Å²) in [7, 11) is 1.62. The molecular weight excluding hydrogens is 332 g/mol. The van der Waals surface area contributed by atoms with E-state index in [1.54, 1.807) is 20.1 Å². The van der Waals surface area contributed by atoms with Gasteiger partial charge in [0.05, 0.1) is 25.0 Å². The number of rotatable bonds is 9. The van der Waals surface area contributed by atoms with Gasteiger partial charge in [0.2, 0.25) is 0 Å². The van der Waals surface area contributed by atoms with Crippen LogP contribution in [0.5, 0.6) is 5.75 Å². The zero-order chi connectivity index (χ0) is 18.8. The molecule has 0 aliphatic carbocycles. The topological polar surface area (TPSA) is 76.7 Å². The van der Waals surface area contributed by atoms with Crippen LogP contribution in [0.3, 0.4) is 0 Å². The Labute approximate surface area is 153 Å². The molecule has 0 atom stereocenters. The lowest BCUT2D eigenvalue weighted by molar-refractivity contribution is -0.143. The van der Waals surface area contributed by atoms with Crippen LogP contribution in [0.1, 0.15) is 30.1 Å². The third-order valence-electron chi connectivity index (χ3n) is 3.69. The second-order valence-electron chi connectivity index (χ2n) is 5.56. The van der Waals surface area contributed by atoms with E-state index in [0.717, 1.165) is 11.4 Å². The molecule has 2 N–H and O–H groups in total. The molecular formula is C20H24N2O4. The van der Waals surface area contributed by atoms with E-state index in [1.165, 1.54) is 0 Å². The summed E-state index contributed by atoms with van der Waals surface area (Å²) in [5, 5.41) is 6.07. The average Bonchev–Trinajstić information content (AvgIpc) is 2.66. The summed E-state index contributed by atoms with van der Waals surface area (Å²) in [5.41, 5.74) is 2.10. The molecule has 0 aliphatic rings. The molecule has 0 saturated carbocycles. The lowest BCUT2D eigenvalue weighted by Crippen LogP contribution is -2.25. The van der Waals surface area contributed by atoms with Crippen LogP contribution in [-0.2, 0) is 9.53 Å². The summed E-state index contributed by atoms with van der Waals surface area (Å²) in [5.74, 6) is 0.331. The molecule has 2 aromatic carbocycles. The van der Waals surface area contributed by atoms with E-state index in [1.807, 2.05) is 42.5 Å². The second-order valence-corrected chi connectivity index (χ2v) is 5.56. The maximum atomic E-state index is 12.4. The number of hydrogen-bond donors (Lipinski definition) is 2. The molecule has 0 radical (unpaired) electrons. The van der Waals surface area contributed by atoms with Crippen LogP contribution in [0.4, 0.5) is 11.4 Å². The van der Waals surface area contributed by atoms with Crippen molar-refractivity contribution in [3.05, 3.63) is 54.1 Å². The van der Waals surface area contributed by atoms with Crippen LogP contribution in [0.15, 0.2) is 48.5 Å². The van der Waals surface area contributed by atoms with Crippen LogP contribution < -0.4 is 15.4 Å². The van der Waals surface area contributed by atoms with Gasteiger partial charge in [-0.25, -0.2) is 0 Å². The van der Waals surface area contributed by atoms with Gasteiger partial charge < -0.3 is 20.1 Å². The molecule has 0 aliphatic heterocycles. The monoisotopic (exact) mass is 356 g/mol. The quantitative estimate of drug-likeness (QED) is 0.531. The van der Waals surface area contributed by atoms with E-state index in [4.69, 9.17) is 9.47 Å². The number of methoxy groups -OCH3 is 1. The van der Waals surface area contributed by atoms with Crippen molar-refractivity contribution in [2.45, 2.75) is 19.8 Å². The summed E-state index contributed by atoms with van der Waals surface area (Å²) in [6, 6.07) is 14.7. The molecule has 0 saturated heterocycles. The Morgan fingerprint density at radius 2 is 1.77 bits per heavy atom. The predicted octanol–water partition coefficient (Wildman–Crippen LogP) is 3.51. The van der Waals surface area contributed by atoms with Crippen LogP contribution >= 0.6 is 0 Å². The first-order valence-electron chi connectivity index (χ1n) is 8.58. The summed E-state index contributed by atoms with van der Waals surface area (Å²) in [6.45, 7) is 2.55. The molecule has 0 aromatic heterocycles. The number of carbonyl (C=O) groups is 2. The Balaban J connectivity index is 1.94. The molecule has 0 fully saturated rings. The molecule has 138 valence electrons. The third kappa shape index (κ3) is 5.81. The number of esters is 1. The lowest BCUT2D eigenvalue weighted by Gasteiger charge is -2.12. The van der Waals surface area contributed by atoms with Crippen molar-refractivity contribution < 1.29 is 19.1 Å². The van der Waals surface area contributed by atoms with E-state index in [9.17, 15) is 9.59 Å². The van der Waals surface area contributed by atoms with Gasteiger partial charge in [0, 0.05) is 18.7 Å². The fraction of sp³-hybridized carbons (Fsp3) is 0.300. The van der Waals surface area contributed by atoms with E-state index >= 15 is 0 Å². The minimum Gasteiger partial charge on any atom is -0.497 e. The lowest BCUT2D eigenvalue weighted by atomic mass is 10.1. The SMILES string of the molecule is CCOC(=O)CCCNC(=O)c1ccccc1Nc1ccc(OC)cc1. The van der Waals surface area contributed by atoms with Gasteiger partial charge in [-0.2, -0.15) is 0 Å². The normalized spacial score (nSPS) is 10.1. The summed E-state index contributed by atoms with van der Waals surface area (Å²) in [6.07, 6.45) is 0.832. The van der Waals surface area contributed by atoms with Crippen LogP contribution in [0.25, 0.3) is 0 Å². The standard InChI is InChI=1S/C20H24N2O4/c1-3-26-19(23)9-6-14-21-20(24)17-7-4-5-8-18(17)22-15-10-12-16(25-2)13-11-15/h4-5,7-8,10-13,22H,3,6,9,14H2,1-2H3,(H,21,24). The number of hydrogen-bond acceptors (Lipinski definition) is 5. The Bertz CT molecular complexity index is 729. The average molecular weight is 356 g/mol. The molecule has 6 heteroatoms. The zero-order valence-electron chi connectivity index (χ0n) is 15.1. The van der Waals surface area contributed by atoms with Gasteiger partial charge in [-0.1, -0.05) is 12.1 Å².